The van der Waals surface area contributed by atoms with Crippen LogP contribution in [-0.4, -0.2) is 10.2 Å². The van der Waals surface area contributed by atoms with Gasteiger partial charge in [-0.2, -0.15) is 0 Å². The van der Waals surface area contributed by atoms with Gasteiger partial charge in [0.05, 0.1) is 0 Å². The minimum absolute atomic E-state index is 0.0639. The van der Waals surface area contributed by atoms with Crippen LogP contribution in [0.25, 0.3) is 22.3 Å². The highest BCUT2D eigenvalue weighted by atomic mass is 16.3. The minimum Gasteiger partial charge on any atom is -0.507 e. The molecule has 0 radical (unpaired) electrons. The van der Waals surface area contributed by atoms with Crippen molar-refractivity contribution in [1.29, 1.82) is 0 Å². The zero-order chi connectivity index (χ0) is 24.9. The molecule has 2 N–H and O–H groups in total. The van der Waals surface area contributed by atoms with Crippen LogP contribution in [0.3, 0.4) is 0 Å². The first-order valence-corrected chi connectivity index (χ1v) is 11.7. The lowest BCUT2D eigenvalue weighted by molar-refractivity contribution is 0.427. The number of allylic oxidation sites excluding steroid dienone is 5. The number of aromatic hydroxyl groups is 2. The van der Waals surface area contributed by atoms with Crippen molar-refractivity contribution in [2.75, 3.05) is 0 Å². The van der Waals surface area contributed by atoms with E-state index >= 15 is 0 Å². The fourth-order valence-electron chi connectivity index (χ4n) is 4.24. The predicted molar refractivity (Wildman–Crippen MR) is 140 cm³/mol. The second-order valence-electron chi connectivity index (χ2n) is 9.37. The Labute approximate surface area is 201 Å². The summed E-state index contributed by atoms with van der Waals surface area (Å²) in [4.78, 5) is 13.0. The summed E-state index contributed by atoms with van der Waals surface area (Å²) in [7, 11) is 0. The van der Waals surface area contributed by atoms with E-state index in [0.717, 1.165) is 24.8 Å². The van der Waals surface area contributed by atoms with E-state index in [1.54, 1.807) is 6.08 Å². The molecule has 0 aliphatic carbocycles. The van der Waals surface area contributed by atoms with Crippen molar-refractivity contribution < 1.29 is 14.6 Å². The lowest BCUT2D eigenvalue weighted by Gasteiger charge is -2.28. The second-order valence-corrected chi connectivity index (χ2v) is 9.37. The Balaban J connectivity index is 2.05. The molecule has 1 aromatic heterocycles. The SMILES string of the molecule is C=CC(C)(CC/C=C(\C)CCC=C(C)C)c1c(O)cc(O)c2c(=O)cc(-c3ccccc3)oc12. The van der Waals surface area contributed by atoms with Crippen molar-refractivity contribution in [3.05, 3.63) is 94.2 Å². The highest BCUT2D eigenvalue weighted by Gasteiger charge is 2.31. The lowest BCUT2D eigenvalue weighted by Crippen LogP contribution is -2.20. The van der Waals surface area contributed by atoms with Crippen molar-refractivity contribution in [3.8, 4) is 22.8 Å². The molecule has 0 amide bonds. The molecule has 2 aromatic carbocycles. The number of hydrogen-bond donors (Lipinski definition) is 2. The molecule has 0 bridgehead atoms. The summed E-state index contributed by atoms with van der Waals surface area (Å²) in [6.45, 7) is 12.3. The molecule has 4 heteroatoms. The first-order valence-electron chi connectivity index (χ1n) is 11.7. The molecule has 0 spiro atoms. The summed E-state index contributed by atoms with van der Waals surface area (Å²) in [6.07, 6.45) is 9.67. The van der Waals surface area contributed by atoms with E-state index in [9.17, 15) is 15.0 Å². The third kappa shape index (κ3) is 5.51. The van der Waals surface area contributed by atoms with Gasteiger partial charge < -0.3 is 14.6 Å². The van der Waals surface area contributed by atoms with E-state index in [4.69, 9.17) is 4.42 Å². The number of hydrogen-bond acceptors (Lipinski definition) is 4. The van der Waals surface area contributed by atoms with E-state index in [1.807, 2.05) is 37.3 Å². The van der Waals surface area contributed by atoms with Crippen molar-refractivity contribution in [1.82, 2.24) is 0 Å². The standard InChI is InChI=1S/C30H34O4/c1-6-30(5,17-11-14-21(4)13-10-12-20(2)3)28-25(33)18-23(31)27-24(32)19-26(34-29(27)28)22-15-8-7-9-16-22/h6-9,12,14-16,18-19,31,33H,1,10-11,13,17H2,2-5H3/b21-14+. The van der Waals surface area contributed by atoms with Crippen molar-refractivity contribution in [2.24, 2.45) is 0 Å². The Morgan fingerprint density at radius 3 is 2.38 bits per heavy atom. The average molecular weight is 459 g/mol. The van der Waals surface area contributed by atoms with E-state index < -0.39 is 5.41 Å². The monoisotopic (exact) mass is 458 g/mol. The Morgan fingerprint density at radius 2 is 1.74 bits per heavy atom. The van der Waals surface area contributed by atoms with Crippen molar-refractivity contribution in [3.63, 3.8) is 0 Å². The van der Waals surface area contributed by atoms with Gasteiger partial charge in [0.1, 0.15) is 28.2 Å². The van der Waals surface area contributed by atoms with E-state index in [0.29, 0.717) is 17.7 Å². The first-order chi connectivity index (χ1) is 16.2. The Kier molecular flexibility index (Phi) is 7.83. The van der Waals surface area contributed by atoms with Gasteiger partial charge in [0.15, 0.2) is 5.43 Å². The number of benzene rings is 2. The maximum atomic E-state index is 13.0. The molecule has 1 heterocycles. The third-order valence-corrected chi connectivity index (χ3v) is 6.29. The van der Waals surface area contributed by atoms with Crippen LogP contribution >= 0.6 is 0 Å². The Hall–Kier alpha value is -3.53. The third-order valence-electron chi connectivity index (χ3n) is 6.29. The van der Waals surface area contributed by atoms with Gasteiger partial charge in [-0.05, 0) is 46.5 Å². The number of fused-ring (bicyclic) bond motifs is 1. The van der Waals surface area contributed by atoms with E-state index in [2.05, 4.69) is 39.5 Å². The van der Waals surface area contributed by atoms with Crippen LogP contribution in [0, 0.1) is 0 Å². The topological polar surface area (TPSA) is 70.7 Å². The summed E-state index contributed by atoms with van der Waals surface area (Å²) in [5, 5.41) is 21.4. The summed E-state index contributed by atoms with van der Waals surface area (Å²) < 4.78 is 6.18. The van der Waals surface area contributed by atoms with E-state index in [1.165, 1.54) is 23.3 Å². The van der Waals surface area contributed by atoms with Crippen LogP contribution in [0.5, 0.6) is 11.5 Å². The highest BCUT2D eigenvalue weighted by molar-refractivity contribution is 5.90. The molecule has 0 aliphatic heterocycles. The molecule has 0 fully saturated rings. The maximum absolute atomic E-state index is 13.0. The molecule has 0 aliphatic rings. The lowest BCUT2D eigenvalue weighted by atomic mass is 9.77. The largest absolute Gasteiger partial charge is 0.507 e. The fourth-order valence-corrected chi connectivity index (χ4v) is 4.24. The van der Waals surface area contributed by atoms with Crippen LogP contribution in [0.2, 0.25) is 0 Å². The van der Waals surface area contributed by atoms with Crippen molar-refractivity contribution >= 4 is 11.0 Å². The number of rotatable bonds is 9. The molecule has 178 valence electrons. The summed E-state index contributed by atoms with van der Waals surface area (Å²) in [6, 6.07) is 11.9. The molecular weight excluding hydrogens is 424 g/mol. The molecule has 0 saturated carbocycles. The van der Waals surface area contributed by atoms with Gasteiger partial charge in [-0.25, -0.2) is 0 Å². The first kappa shape index (κ1) is 25.1. The van der Waals surface area contributed by atoms with Crippen LogP contribution in [0.4, 0.5) is 0 Å². The quantitative estimate of drug-likeness (QED) is 0.321. The zero-order valence-corrected chi connectivity index (χ0v) is 20.5. The molecule has 4 nitrogen and oxygen atoms in total. The van der Waals surface area contributed by atoms with Gasteiger partial charge in [0.25, 0.3) is 0 Å². The predicted octanol–water partition coefficient (Wildman–Crippen LogP) is 7.79. The van der Waals surface area contributed by atoms with Gasteiger partial charge in [-0.1, -0.05) is 66.6 Å². The smallest absolute Gasteiger partial charge is 0.197 e. The van der Waals surface area contributed by atoms with Crippen LogP contribution < -0.4 is 5.43 Å². The van der Waals surface area contributed by atoms with Crippen molar-refractivity contribution in [2.45, 2.75) is 58.8 Å². The van der Waals surface area contributed by atoms with Gasteiger partial charge in [0, 0.05) is 28.7 Å². The molecule has 3 aromatic rings. The minimum atomic E-state index is -0.683. The maximum Gasteiger partial charge on any atom is 0.197 e. The van der Waals surface area contributed by atoms with Gasteiger partial charge in [-0.3, -0.25) is 4.79 Å². The molecule has 0 saturated heterocycles. The molecule has 3 rings (SSSR count). The summed E-state index contributed by atoms with van der Waals surface area (Å²) in [5.74, 6) is -0.0400. The molecular formula is C30H34O4. The summed E-state index contributed by atoms with van der Waals surface area (Å²) in [5.41, 5.74) is 2.97. The zero-order valence-electron chi connectivity index (χ0n) is 20.5. The molecule has 34 heavy (non-hydrogen) atoms. The number of phenolic OH excluding ortho intramolecular Hbond substituents is 2. The number of phenols is 2. The summed E-state index contributed by atoms with van der Waals surface area (Å²) >= 11 is 0. The second kappa shape index (κ2) is 10.6. The Morgan fingerprint density at radius 1 is 1.03 bits per heavy atom. The van der Waals surface area contributed by atoms with Crippen LogP contribution in [-0.2, 0) is 5.41 Å². The van der Waals surface area contributed by atoms with Gasteiger partial charge in [0.2, 0.25) is 0 Å². The van der Waals surface area contributed by atoms with Gasteiger partial charge in [-0.15, -0.1) is 6.58 Å². The molecule has 1 unspecified atom stereocenters. The van der Waals surface area contributed by atoms with Gasteiger partial charge >= 0.3 is 0 Å². The highest BCUT2D eigenvalue weighted by Crippen LogP contribution is 2.44. The van der Waals surface area contributed by atoms with Crippen LogP contribution in [0.1, 0.15) is 58.9 Å². The Bertz CT molecular complexity index is 1290. The molecule has 1 atom stereocenters. The van der Waals surface area contributed by atoms with Crippen LogP contribution in [0.15, 0.2) is 87.6 Å². The van der Waals surface area contributed by atoms with E-state index in [-0.39, 0.29) is 27.9 Å². The fraction of sp³-hybridized carbons (Fsp3) is 0.300. The average Bonchev–Trinajstić information content (AvgIpc) is 2.78. The normalized spacial score (nSPS) is 13.5.